The number of fused-ring (bicyclic) bond motifs is 1. The maximum Gasteiger partial charge on any atom is 0.344 e. The van der Waals surface area contributed by atoms with Crippen molar-refractivity contribution in [2.75, 3.05) is 0 Å². The molecule has 0 saturated carbocycles. The van der Waals surface area contributed by atoms with Crippen LogP contribution in [-0.4, -0.2) is 17.2 Å². The molecule has 0 radical (unpaired) electrons. The monoisotopic (exact) mass is 246 g/mol. The fourth-order valence-electron chi connectivity index (χ4n) is 2.07. The molecule has 0 aromatic heterocycles. The topological polar surface area (TPSA) is 46.5 Å². The van der Waals surface area contributed by atoms with Gasteiger partial charge in [0.1, 0.15) is 5.76 Å². The number of carbonyl (C=O) groups is 1. The van der Waals surface area contributed by atoms with Gasteiger partial charge in [-0.3, -0.25) is 0 Å². The molecule has 0 spiro atoms. The number of unbranched alkanes of at least 4 members (excludes halogenated alkanes) is 2. The Morgan fingerprint density at radius 3 is 2.72 bits per heavy atom. The maximum atomic E-state index is 11.6. The van der Waals surface area contributed by atoms with Gasteiger partial charge in [-0.05, 0) is 18.6 Å². The molecule has 1 heterocycles. The van der Waals surface area contributed by atoms with E-state index in [0.717, 1.165) is 24.8 Å². The average molecular weight is 246 g/mol. The Kier molecular flexibility index (Phi) is 4.15. The summed E-state index contributed by atoms with van der Waals surface area (Å²) in [4.78, 5) is 11.6. The summed E-state index contributed by atoms with van der Waals surface area (Å²) in [5.74, 6) is 0.150. The number of carbonyl (C=O) groups excluding carboxylic acids is 1. The molecule has 0 bridgehead atoms. The van der Waals surface area contributed by atoms with Crippen molar-refractivity contribution in [1.82, 2.24) is 0 Å². The lowest BCUT2D eigenvalue weighted by Gasteiger charge is -2.06. The van der Waals surface area contributed by atoms with Gasteiger partial charge >= 0.3 is 5.97 Å². The molecule has 0 fully saturated rings. The smallest absolute Gasteiger partial charge is 0.344 e. The van der Waals surface area contributed by atoms with Crippen LogP contribution in [0.15, 0.2) is 30.3 Å². The van der Waals surface area contributed by atoms with Crippen LogP contribution in [0.1, 0.15) is 48.5 Å². The Bertz CT molecular complexity index is 463. The van der Waals surface area contributed by atoms with Crippen molar-refractivity contribution in [2.24, 2.45) is 0 Å². The molecule has 18 heavy (non-hydrogen) atoms. The first-order valence-electron chi connectivity index (χ1n) is 6.44. The van der Waals surface area contributed by atoms with Gasteiger partial charge in [0, 0.05) is 5.56 Å². The van der Waals surface area contributed by atoms with Crippen LogP contribution in [0.25, 0.3) is 5.76 Å². The Labute approximate surface area is 107 Å². The van der Waals surface area contributed by atoms with Crippen LogP contribution in [-0.2, 0) is 4.74 Å². The minimum atomic E-state index is -0.550. The van der Waals surface area contributed by atoms with Crippen LogP contribution in [0, 0.1) is 0 Å². The number of esters is 1. The molecule has 3 nitrogen and oxygen atoms in total. The van der Waals surface area contributed by atoms with Crippen LogP contribution in [0.5, 0.6) is 0 Å². The second-order valence-electron chi connectivity index (χ2n) is 4.53. The molecule has 1 aromatic rings. The molecule has 0 aliphatic carbocycles. The van der Waals surface area contributed by atoms with Crippen LogP contribution in [0.2, 0.25) is 0 Å². The van der Waals surface area contributed by atoms with E-state index in [1.165, 1.54) is 0 Å². The number of ether oxygens (including phenoxy) is 1. The molecule has 0 saturated heterocycles. The summed E-state index contributed by atoms with van der Waals surface area (Å²) in [6, 6.07) is 7.24. The third-order valence-corrected chi connectivity index (χ3v) is 3.06. The zero-order chi connectivity index (χ0) is 13.0. The SMILES string of the molecule is CCCCCC(O)/C=C1\OC(=O)c2ccccc21. The molecule has 1 aliphatic rings. The van der Waals surface area contributed by atoms with Gasteiger partial charge in [-0.15, -0.1) is 0 Å². The first-order chi connectivity index (χ1) is 8.72. The van der Waals surface area contributed by atoms with Crippen molar-refractivity contribution in [3.8, 4) is 0 Å². The fraction of sp³-hybridized carbons (Fsp3) is 0.400. The lowest BCUT2D eigenvalue weighted by atomic mass is 10.1. The quantitative estimate of drug-likeness (QED) is 0.641. The highest BCUT2D eigenvalue weighted by Crippen LogP contribution is 2.29. The highest BCUT2D eigenvalue weighted by atomic mass is 16.5. The fourth-order valence-corrected chi connectivity index (χ4v) is 2.07. The van der Waals surface area contributed by atoms with Crippen LogP contribution in [0.3, 0.4) is 0 Å². The summed E-state index contributed by atoms with van der Waals surface area (Å²) in [6.07, 6.45) is 5.01. The largest absolute Gasteiger partial charge is 0.422 e. The number of hydrogen-bond acceptors (Lipinski definition) is 3. The summed E-state index contributed by atoms with van der Waals surface area (Å²) in [5.41, 5.74) is 1.35. The van der Waals surface area contributed by atoms with Gasteiger partial charge in [-0.25, -0.2) is 4.79 Å². The van der Waals surface area contributed by atoms with Gasteiger partial charge < -0.3 is 9.84 Å². The molecular weight excluding hydrogens is 228 g/mol. The number of benzene rings is 1. The van der Waals surface area contributed by atoms with E-state index in [1.807, 2.05) is 12.1 Å². The van der Waals surface area contributed by atoms with Crippen LogP contribution < -0.4 is 0 Å². The molecule has 1 atom stereocenters. The van der Waals surface area contributed by atoms with Crippen molar-refractivity contribution < 1.29 is 14.6 Å². The van der Waals surface area contributed by atoms with E-state index in [4.69, 9.17) is 4.74 Å². The zero-order valence-electron chi connectivity index (χ0n) is 10.6. The Hall–Kier alpha value is -1.61. The van der Waals surface area contributed by atoms with Crippen molar-refractivity contribution >= 4 is 11.7 Å². The number of rotatable bonds is 5. The molecule has 3 heteroatoms. The summed E-state index contributed by atoms with van der Waals surface area (Å²) in [6.45, 7) is 2.12. The first-order valence-corrected chi connectivity index (χ1v) is 6.44. The second kappa shape index (κ2) is 5.83. The predicted octanol–water partition coefficient (Wildman–Crippen LogP) is 3.14. The van der Waals surface area contributed by atoms with E-state index < -0.39 is 6.10 Å². The van der Waals surface area contributed by atoms with E-state index >= 15 is 0 Å². The molecule has 0 amide bonds. The third kappa shape index (κ3) is 2.79. The standard InChI is InChI=1S/C15H18O3/c1-2-3-4-7-11(16)10-14-12-8-5-6-9-13(12)15(17)18-14/h5-6,8-11,16H,2-4,7H2,1H3/b14-10-. The summed E-state index contributed by atoms with van der Waals surface area (Å²) >= 11 is 0. The van der Waals surface area contributed by atoms with Gasteiger partial charge in [-0.1, -0.05) is 44.4 Å². The molecule has 1 N–H and O–H groups in total. The molecule has 1 aliphatic heterocycles. The molecular formula is C15H18O3. The Morgan fingerprint density at radius 1 is 1.28 bits per heavy atom. The van der Waals surface area contributed by atoms with E-state index in [9.17, 15) is 9.90 Å². The predicted molar refractivity (Wildman–Crippen MR) is 70.0 cm³/mol. The molecule has 96 valence electrons. The van der Waals surface area contributed by atoms with Gasteiger partial charge in [0.25, 0.3) is 0 Å². The third-order valence-electron chi connectivity index (χ3n) is 3.06. The number of aliphatic hydroxyl groups is 1. The van der Waals surface area contributed by atoms with Gasteiger partial charge in [-0.2, -0.15) is 0 Å². The van der Waals surface area contributed by atoms with Crippen molar-refractivity contribution in [2.45, 2.75) is 38.7 Å². The molecule has 1 aromatic carbocycles. The average Bonchev–Trinajstić information content (AvgIpc) is 2.67. The van der Waals surface area contributed by atoms with Crippen molar-refractivity contribution in [3.63, 3.8) is 0 Å². The van der Waals surface area contributed by atoms with E-state index in [-0.39, 0.29) is 5.97 Å². The minimum Gasteiger partial charge on any atom is -0.422 e. The lowest BCUT2D eigenvalue weighted by Crippen LogP contribution is -2.03. The summed E-state index contributed by atoms with van der Waals surface area (Å²) in [7, 11) is 0. The molecule has 1 unspecified atom stereocenters. The first kappa shape index (κ1) is 12.8. The Morgan fingerprint density at radius 2 is 2.00 bits per heavy atom. The second-order valence-corrected chi connectivity index (χ2v) is 4.53. The van der Waals surface area contributed by atoms with Crippen molar-refractivity contribution in [1.29, 1.82) is 0 Å². The molecule has 2 rings (SSSR count). The van der Waals surface area contributed by atoms with Gasteiger partial charge in [0.15, 0.2) is 0 Å². The lowest BCUT2D eigenvalue weighted by molar-refractivity contribution is 0.0713. The highest BCUT2D eigenvalue weighted by molar-refractivity contribution is 6.02. The van der Waals surface area contributed by atoms with E-state index in [0.29, 0.717) is 17.7 Å². The number of cyclic esters (lactones) is 1. The van der Waals surface area contributed by atoms with Crippen molar-refractivity contribution in [3.05, 3.63) is 41.5 Å². The van der Waals surface area contributed by atoms with Crippen LogP contribution >= 0.6 is 0 Å². The normalized spacial score (nSPS) is 17.7. The van der Waals surface area contributed by atoms with Crippen LogP contribution in [0.4, 0.5) is 0 Å². The number of aliphatic hydroxyl groups excluding tert-OH is 1. The minimum absolute atomic E-state index is 0.336. The van der Waals surface area contributed by atoms with E-state index in [2.05, 4.69) is 6.92 Å². The number of hydrogen-bond donors (Lipinski definition) is 1. The highest BCUT2D eigenvalue weighted by Gasteiger charge is 2.26. The van der Waals surface area contributed by atoms with E-state index in [1.54, 1.807) is 18.2 Å². The zero-order valence-corrected chi connectivity index (χ0v) is 10.6. The van der Waals surface area contributed by atoms with Gasteiger partial charge in [0.05, 0.1) is 11.7 Å². The maximum absolute atomic E-state index is 11.6. The Balaban J connectivity index is 2.08. The summed E-state index contributed by atoms with van der Waals surface area (Å²) in [5, 5.41) is 9.88. The van der Waals surface area contributed by atoms with Gasteiger partial charge in [0.2, 0.25) is 0 Å². The summed E-state index contributed by atoms with van der Waals surface area (Å²) < 4.78 is 5.17.